The van der Waals surface area contributed by atoms with Gasteiger partial charge in [0.25, 0.3) is 5.89 Å². The Morgan fingerprint density at radius 1 is 1.10 bits per heavy atom. The second kappa shape index (κ2) is 9.70. The van der Waals surface area contributed by atoms with E-state index in [0.29, 0.717) is 16.5 Å². The highest BCUT2D eigenvalue weighted by Crippen LogP contribution is 2.23. The fourth-order valence-corrected chi connectivity index (χ4v) is 2.59. The van der Waals surface area contributed by atoms with E-state index in [9.17, 15) is 9.59 Å². The largest absolute Gasteiger partial charge is 0.495 e. The number of aromatic nitrogens is 2. The number of ether oxygens (including phenoxy) is 2. The van der Waals surface area contributed by atoms with Crippen LogP contribution in [0.15, 0.2) is 53.1 Å². The standard InChI is InChI=1S/C20H18ClN3O5/c1-27-16-5-3-2-4-15(16)22-18(25)11-17-23-19(29-24-17)12-28-20(26)10-13-6-8-14(21)9-7-13/h2-9H,10-12H2,1H3,(H,22,25). The number of carbonyl (C=O) groups excluding carboxylic acids is 2. The van der Waals surface area contributed by atoms with Gasteiger partial charge in [-0.2, -0.15) is 4.98 Å². The lowest BCUT2D eigenvalue weighted by Gasteiger charge is -2.08. The molecule has 8 nitrogen and oxygen atoms in total. The van der Waals surface area contributed by atoms with Crippen LogP contribution in [0.25, 0.3) is 0 Å². The van der Waals surface area contributed by atoms with Crippen molar-refractivity contribution in [2.45, 2.75) is 19.4 Å². The minimum atomic E-state index is -0.444. The molecule has 0 saturated carbocycles. The van der Waals surface area contributed by atoms with Gasteiger partial charge >= 0.3 is 5.97 Å². The summed E-state index contributed by atoms with van der Waals surface area (Å²) < 4.78 is 15.3. The Bertz CT molecular complexity index is 988. The minimum Gasteiger partial charge on any atom is -0.495 e. The molecular formula is C20H18ClN3O5. The Hall–Kier alpha value is -3.39. The van der Waals surface area contributed by atoms with Gasteiger partial charge in [0.2, 0.25) is 5.91 Å². The van der Waals surface area contributed by atoms with Crippen LogP contribution < -0.4 is 10.1 Å². The van der Waals surface area contributed by atoms with E-state index in [1.165, 1.54) is 7.11 Å². The highest BCUT2D eigenvalue weighted by atomic mass is 35.5. The number of esters is 1. The fraction of sp³-hybridized carbons (Fsp3) is 0.200. The molecule has 0 saturated heterocycles. The number of benzene rings is 2. The van der Waals surface area contributed by atoms with Crippen molar-refractivity contribution in [3.63, 3.8) is 0 Å². The first-order chi connectivity index (χ1) is 14.0. The van der Waals surface area contributed by atoms with E-state index in [-0.39, 0.29) is 37.1 Å². The van der Waals surface area contributed by atoms with Crippen LogP contribution in [-0.2, 0) is 33.8 Å². The van der Waals surface area contributed by atoms with Gasteiger partial charge in [-0.1, -0.05) is 41.0 Å². The van der Waals surface area contributed by atoms with Crippen molar-refractivity contribution in [3.05, 3.63) is 70.8 Å². The summed E-state index contributed by atoms with van der Waals surface area (Å²) in [6, 6.07) is 13.9. The summed E-state index contributed by atoms with van der Waals surface area (Å²) in [7, 11) is 1.52. The summed E-state index contributed by atoms with van der Waals surface area (Å²) in [6.45, 7) is -0.173. The lowest BCUT2D eigenvalue weighted by atomic mass is 10.2. The molecule has 0 bridgehead atoms. The van der Waals surface area contributed by atoms with E-state index in [1.54, 1.807) is 48.5 Å². The third kappa shape index (κ3) is 6.05. The average Bonchev–Trinajstić information content (AvgIpc) is 3.16. The Balaban J connectivity index is 1.48. The van der Waals surface area contributed by atoms with Gasteiger partial charge in [-0.15, -0.1) is 0 Å². The summed E-state index contributed by atoms with van der Waals surface area (Å²) in [5, 5.41) is 7.04. The molecule has 150 valence electrons. The highest BCUT2D eigenvalue weighted by Gasteiger charge is 2.14. The topological polar surface area (TPSA) is 104 Å². The van der Waals surface area contributed by atoms with Crippen LogP contribution in [0.3, 0.4) is 0 Å². The van der Waals surface area contributed by atoms with Gasteiger partial charge in [0.05, 0.1) is 25.6 Å². The number of nitrogens with one attached hydrogen (secondary N) is 1. The molecule has 0 unspecified atom stereocenters. The Labute approximate surface area is 171 Å². The zero-order valence-electron chi connectivity index (χ0n) is 15.6. The van der Waals surface area contributed by atoms with Crippen molar-refractivity contribution in [1.82, 2.24) is 10.1 Å². The molecule has 3 rings (SSSR count). The maximum absolute atomic E-state index is 12.2. The van der Waals surface area contributed by atoms with Gasteiger partial charge in [-0.05, 0) is 29.8 Å². The van der Waals surface area contributed by atoms with Gasteiger partial charge in [0, 0.05) is 5.02 Å². The van der Waals surface area contributed by atoms with Crippen LogP contribution in [0.2, 0.25) is 5.02 Å². The van der Waals surface area contributed by atoms with E-state index in [0.717, 1.165) is 5.56 Å². The first-order valence-electron chi connectivity index (χ1n) is 8.68. The molecule has 3 aromatic rings. The SMILES string of the molecule is COc1ccccc1NC(=O)Cc1noc(COC(=O)Cc2ccc(Cl)cc2)n1. The minimum absolute atomic E-state index is 0.0967. The van der Waals surface area contributed by atoms with E-state index in [2.05, 4.69) is 15.5 Å². The molecule has 1 amide bonds. The summed E-state index contributed by atoms with van der Waals surface area (Å²) >= 11 is 5.81. The van der Waals surface area contributed by atoms with Crippen molar-refractivity contribution in [1.29, 1.82) is 0 Å². The number of methoxy groups -OCH3 is 1. The average molecular weight is 416 g/mol. The molecule has 0 aliphatic carbocycles. The first kappa shape index (κ1) is 20.3. The van der Waals surface area contributed by atoms with Gasteiger partial charge in [0.1, 0.15) is 5.75 Å². The molecule has 1 heterocycles. The maximum Gasteiger partial charge on any atom is 0.310 e. The third-order valence-corrected chi connectivity index (χ3v) is 4.08. The fourth-order valence-electron chi connectivity index (χ4n) is 2.47. The number of hydrogen-bond donors (Lipinski definition) is 1. The zero-order valence-corrected chi connectivity index (χ0v) is 16.3. The monoisotopic (exact) mass is 415 g/mol. The molecule has 29 heavy (non-hydrogen) atoms. The summed E-state index contributed by atoms with van der Waals surface area (Å²) in [5.74, 6) is 0.0560. The number of anilines is 1. The summed E-state index contributed by atoms with van der Waals surface area (Å²) in [5.41, 5.74) is 1.32. The van der Waals surface area contributed by atoms with E-state index >= 15 is 0 Å². The molecule has 0 fully saturated rings. The number of carbonyl (C=O) groups is 2. The number of para-hydroxylation sites is 2. The van der Waals surface area contributed by atoms with E-state index in [1.807, 2.05) is 0 Å². The molecule has 0 aliphatic rings. The molecule has 0 radical (unpaired) electrons. The number of amides is 1. The normalized spacial score (nSPS) is 10.4. The molecule has 1 aromatic heterocycles. The van der Waals surface area contributed by atoms with E-state index in [4.69, 9.17) is 25.6 Å². The van der Waals surface area contributed by atoms with Crippen LogP contribution in [0, 0.1) is 0 Å². The van der Waals surface area contributed by atoms with Gasteiger partial charge in [0.15, 0.2) is 12.4 Å². The van der Waals surface area contributed by atoms with Crippen LogP contribution in [0.5, 0.6) is 5.75 Å². The predicted octanol–water partition coefficient (Wildman–Crippen LogP) is 3.20. The molecule has 9 heteroatoms. The van der Waals surface area contributed by atoms with Crippen molar-refractivity contribution >= 4 is 29.2 Å². The molecule has 0 atom stereocenters. The van der Waals surface area contributed by atoms with Crippen LogP contribution >= 0.6 is 11.6 Å². The maximum atomic E-state index is 12.2. The molecule has 1 N–H and O–H groups in total. The second-order valence-corrected chi connectivity index (χ2v) is 6.43. The van der Waals surface area contributed by atoms with Crippen LogP contribution in [0.4, 0.5) is 5.69 Å². The van der Waals surface area contributed by atoms with Crippen molar-refractivity contribution < 1.29 is 23.6 Å². The Morgan fingerprint density at radius 2 is 1.86 bits per heavy atom. The number of rotatable bonds is 8. The van der Waals surface area contributed by atoms with Crippen molar-refractivity contribution in [3.8, 4) is 5.75 Å². The second-order valence-electron chi connectivity index (χ2n) is 5.99. The lowest BCUT2D eigenvalue weighted by molar-refractivity contribution is -0.144. The molecule has 0 aliphatic heterocycles. The lowest BCUT2D eigenvalue weighted by Crippen LogP contribution is -2.15. The molecule has 2 aromatic carbocycles. The van der Waals surface area contributed by atoms with Gasteiger partial charge < -0.3 is 19.3 Å². The number of halogens is 1. The Morgan fingerprint density at radius 3 is 2.62 bits per heavy atom. The van der Waals surface area contributed by atoms with Crippen molar-refractivity contribution in [2.75, 3.05) is 12.4 Å². The van der Waals surface area contributed by atoms with Gasteiger partial charge in [-0.25, -0.2) is 0 Å². The van der Waals surface area contributed by atoms with Crippen molar-refractivity contribution in [2.24, 2.45) is 0 Å². The molecular weight excluding hydrogens is 398 g/mol. The predicted molar refractivity (Wildman–Crippen MR) is 105 cm³/mol. The smallest absolute Gasteiger partial charge is 0.310 e. The van der Waals surface area contributed by atoms with Crippen LogP contribution in [-0.4, -0.2) is 29.1 Å². The number of nitrogens with zero attached hydrogens (tertiary/aromatic N) is 2. The highest BCUT2D eigenvalue weighted by molar-refractivity contribution is 6.30. The molecule has 0 spiro atoms. The van der Waals surface area contributed by atoms with E-state index < -0.39 is 5.97 Å². The zero-order chi connectivity index (χ0) is 20.6. The number of hydrogen-bond acceptors (Lipinski definition) is 7. The van der Waals surface area contributed by atoms with Gasteiger partial charge in [-0.3, -0.25) is 9.59 Å². The third-order valence-electron chi connectivity index (χ3n) is 3.83. The summed E-state index contributed by atoms with van der Waals surface area (Å²) in [4.78, 5) is 28.1. The van der Waals surface area contributed by atoms with Crippen LogP contribution in [0.1, 0.15) is 17.3 Å². The summed E-state index contributed by atoms with van der Waals surface area (Å²) in [6.07, 6.45) is -0.000251. The Kier molecular flexibility index (Phi) is 6.80. The quantitative estimate of drug-likeness (QED) is 0.563. The first-order valence-corrected chi connectivity index (χ1v) is 9.05.